The summed E-state index contributed by atoms with van der Waals surface area (Å²) in [5, 5.41) is 8.65. The Morgan fingerprint density at radius 2 is 1.52 bits per heavy atom. The van der Waals surface area contributed by atoms with Crippen LogP contribution in [-0.4, -0.2) is 37.6 Å². The number of thiazole rings is 1. The van der Waals surface area contributed by atoms with Gasteiger partial charge in [0.15, 0.2) is 16.6 Å². The van der Waals surface area contributed by atoms with Crippen molar-refractivity contribution < 1.29 is 19.1 Å². The molecule has 0 saturated heterocycles. The van der Waals surface area contributed by atoms with Crippen molar-refractivity contribution in [3.63, 3.8) is 0 Å². The highest BCUT2D eigenvalue weighted by molar-refractivity contribution is 7.14. The number of carbonyl (C=O) groups excluding carboxylic acids is 2. The summed E-state index contributed by atoms with van der Waals surface area (Å²) in [6.07, 6.45) is 1.42. The van der Waals surface area contributed by atoms with Crippen LogP contribution >= 0.6 is 11.3 Å². The van der Waals surface area contributed by atoms with Gasteiger partial charge in [-0.05, 0) is 71.8 Å². The minimum absolute atomic E-state index is 0.00694. The van der Waals surface area contributed by atoms with Crippen LogP contribution < -0.4 is 20.1 Å². The summed E-state index contributed by atoms with van der Waals surface area (Å²) in [5.41, 5.74) is 7.82. The number of aromatic nitrogens is 1. The van der Waals surface area contributed by atoms with Crippen LogP contribution in [0.3, 0.4) is 0 Å². The smallest absolute Gasteiger partial charge is 0.251 e. The Bertz CT molecular complexity index is 1890. The van der Waals surface area contributed by atoms with Crippen molar-refractivity contribution in [2.45, 2.75) is 31.6 Å². The highest BCUT2D eigenvalue weighted by atomic mass is 32.1. The van der Waals surface area contributed by atoms with Gasteiger partial charge in [-0.25, -0.2) is 4.98 Å². The third-order valence-corrected chi connectivity index (χ3v) is 10.2. The number of anilines is 1. The number of ether oxygens (including phenoxy) is 2. The maximum Gasteiger partial charge on any atom is 0.251 e. The van der Waals surface area contributed by atoms with Gasteiger partial charge in [-0.2, -0.15) is 0 Å². The number of amides is 2. The summed E-state index contributed by atoms with van der Waals surface area (Å²) in [7, 11) is 3.21. The van der Waals surface area contributed by atoms with Gasteiger partial charge in [0.05, 0.1) is 25.3 Å². The summed E-state index contributed by atoms with van der Waals surface area (Å²) >= 11 is 1.41. The number of benzene rings is 4. The Balaban J connectivity index is 1.00. The molecule has 46 heavy (non-hydrogen) atoms. The number of nitrogens with one attached hydrogen (secondary N) is 2. The van der Waals surface area contributed by atoms with Gasteiger partial charge in [-0.15, -0.1) is 11.3 Å². The highest BCUT2D eigenvalue weighted by Crippen LogP contribution is 2.61. The van der Waals surface area contributed by atoms with E-state index in [-0.39, 0.29) is 23.7 Å². The lowest BCUT2D eigenvalue weighted by molar-refractivity contribution is -0.126. The monoisotopic (exact) mass is 629 g/mol. The van der Waals surface area contributed by atoms with Gasteiger partial charge in [0.1, 0.15) is 0 Å². The van der Waals surface area contributed by atoms with Crippen molar-refractivity contribution in [2.24, 2.45) is 5.41 Å². The zero-order chi connectivity index (χ0) is 31.8. The zero-order valence-electron chi connectivity index (χ0n) is 26.0. The molecule has 1 unspecified atom stereocenters. The summed E-state index contributed by atoms with van der Waals surface area (Å²) in [6, 6.07) is 30.2. The minimum atomic E-state index is -0.604. The molecule has 0 aliphatic heterocycles. The maximum absolute atomic E-state index is 14.0. The highest BCUT2D eigenvalue weighted by Gasteiger charge is 2.54. The SMILES string of the molecule is COc1ccc(CCNC(=O)c2ccc(-c3csc(NC(=O)C4(C)CC5c6ccccc6C4c4ccccc45)n3)cc2)cc1OC. The molecular weight excluding hydrogens is 595 g/mol. The van der Waals surface area contributed by atoms with Crippen LogP contribution in [0, 0.1) is 5.41 Å². The van der Waals surface area contributed by atoms with E-state index in [9.17, 15) is 9.59 Å². The molecule has 0 radical (unpaired) electrons. The van der Waals surface area contributed by atoms with Crippen molar-refractivity contribution in [1.29, 1.82) is 0 Å². The Morgan fingerprint density at radius 1 is 0.870 bits per heavy atom. The van der Waals surface area contributed by atoms with Crippen LogP contribution in [0.1, 0.15) is 63.4 Å². The second-order valence-corrected chi connectivity index (χ2v) is 13.0. The Kier molecular flexibility index (Phi) is 7.82. The first kappa shape index (κ1) is 29.7. The van der Waals surface area contributed by atoms with E-state index in [2.05, 4.69) is 66.1 Å². The van der Waals surface area contributed by atoms with E-state index in [0.717, 1.165) is 23.2 Å². The standard InChI is InChI=1S/C38H35N3O4S/c1-38(21-30-26-8-4-6-10-28(26)34(38)29-11-7-5-9-27(29)30)36(43)41-37-40-31(22-46-37)24-13-15-25(16-14-24)35(42)39-19-18-23-12-17-32(44-2)33(20-23)45-3/h4-17,20,22,30,34H,18-19,21H2,1-3H3,(H,39,42)(H,40,41,43). The first-order chi connectivity index (χ1) is 22.4. The maximum atomic E-state index is 14.0. The van der Waals surface area contributed by atoms with E-state index >= 15 is 0 Å². The zero-order valence-corrected chi connectivity index (χ0v) is 26.8. The van der Waals surface area contributed by atoms with E-state index in [1.807, 2.05) is 35.7 Å². The lowest BCUT2D eigenvalue weighted by Gasteiger charge is -2.50. The third-order valence-electron chi connectivity index (χ3n) is 9.46. The summed E-state index contributed by atoms with van der Waals surface area (Å²) in [5.74, 6) is 1.37. The van der Waals surface area contributed by atoms with Crippen LogP contribution in [-0.2, 0) is 11.2 Å². The minimum Gasteiger partial charge on any atom is -0.493 e. The first-order valence-corrected chi connectivity index (χ1v) is 16.3. The molecule has 8 rings (SSSR count). The Morgan fingerprint density at radius 3 is 2.17 bits per heavy atom. The van der Waals surface area contributed by atoms with Crippen LogP contribution in [0.5, 0.6) is 11.5 Å². The number of fused-ring (bicyclic) bond motifs is 1. The van der Waals surface area contributed by atoms with Crippen LogP contribution in [0.4, 0.5) is 5.13 Å². The number of rotatable bonds is 9. The number of nitrogens with zero attached hydrogens (tertiary/aromatic N) is 1. The van der Waals surface area contributed by atoms with Gasteiger partial charge in [0.25, 0.3) is 5.91 Å². The molecule has 0 spiro atoms. The van der Waals surface area contributed by atoms with Gasteiger partial charge < -0.3 is 20.1 Å². The summed E-state index contributed by atoms with van der Waals surface area (Å²) < 4.78 is 10.7. The van der Waals surface area contributed by atoms with Crippen molar-refractivity contribution >= 4 is 28.3 Å². The predicted molar refractivity (Wildman–Crippen MR) is 181 cm³/mol. The Hall–Kier alpha value is -4.95. The van der Waals surface area contributed by atoms with Gasteiger partial charge in [0.2, 0.25) is 5.91 Å². The lowest BCUT2D eigenvalue weighted by Crippen LogP contribution is -2.47. The molecule has 2 N–H and O–H groups in total. The van der Waals surface area contributed by atoms with E-state index in [4.69, 9.17) is 14.5 Å². The number of methoxy groups -OCH3 is 2. The fourth-order valence-electron chi connectivity index (χ4n) is 7.14. The van der Waals surface area contributed by atoms with Crippen molar-refractivity contribution in [3.05, 3.63) is 130 Å². The lowest BCUT2D eigenvalue weighted by atomic mass is 9.52. The van der Waals surface area contributed by atoms with Gasteiger partial charge in [-0.3, -0.25) is 9.59 Å². The van der Waals surface area contributed by atoms with Crippen LogP contribution in [0.25, 0.3) is 11.3 Å². The predicted octanol–water partition coefficient (Wildman–Crippen LogP) is 7.43. The molecule has 1 heterocycles. The first-order valence-electron chi connectivity index (χ1n) is 15.4. The average Bonchev–Trinajstić information content (AvgIpc) is 3.56. The van der Waals surface area contributed by atoms with Crippen molar-refractivity contribution in [2.75, 3.05) is 26.1 Å². The second kappa shape index (κ2) is 12.1. The molecule has 232 valence electrons. The molecule has 8 heteroatoms. The molecule has 3 aliphatic carbocycles. The van der Waals surface area contributed by atoms with E-state index < -0.39 is 5.41 Å². The molecule has 5 aromatic rings. The number of hydrogen-bond donors (Lipinski definition) is 2. The fourth-order valence-corrected chi connectivity index (χ4v) is 7.86. The van der Waals surface area contributed by atoms with Gasteiger partial charge in [-0.1, -0.05) is 66.7 Å². The molecule has 1 aromatic heterocycles. The molecule has 2 amide bonds. The second-order valence-electron chi connectivity index (χ2n) is 12.1. The van der Waals surface area contributed by atoms with Crippen LogP contribution in [0.2, 0.25) is 0 Å². The number of hydrogen-bond acceptors (Lipinski definition) is 6. The van der Waals surface area contributed by atoms with E-state index in [0.29, 0.717) is 35.2 Å². The fraction of sp³-hybridized carbons (Fsp3) is 0.237. The van der Waals surface area contributed by atoms with Crippen LogP contribution in [0.15, 0.2) is 96.4 Å². The van der Waals surface area contributed by atoms with Crippen molar-refractivity contribution in [3.8, 4) is 22.8 Å². The molecule has 7 nitrogen and oxygen atoms in total. The number of carbonyl (C=O) groups is 2. The molecule has 1 atom stereocenters. The Labute approximate surface area is 272 Å². The van der Waals surface area contributed by atoms with E-state index in [1.165, 1.54) is 33.6 Å². The van der Waals surface area contributed by atoms with Gasteiger partial charge >= 0.3 is 0 Å². The molecule has 0 fully saturated rings. The molecule has 3 aliphatic rings. The quantitative estimate of drug-likeness (QED) is 0.177. The topological polar surface area (TPSA) is 89.6 Å². The normalized spacial score (nSPS) is 19.1. The van der Waals surface area contributed by atoms with Crippen molar-refractivity contribution in [1.82, 2.24) is 10.3 Å². The molecular formula is C38H35N3O4S. The van der Waals surface area contributed by atoms with Gasteiger partial charge in [0, 0.05) is 34.9 Å². The largest absolute Gasteiger partial charge is 0.493 e. The molecule has 0 saturated carbocycles. The third kappa shape index (κ3) is 5.22. The average molecular weight is 630 g/mol. The van der Waals surface area contributed by atoms with E-state index in [1.54, 1.807) is 26.4 Å². The molecule has 2 bridgehead atoms. The summed E-state index contributed by atoms with van der Waals surface area (Å²) in [4.78, 5) is 31.6. The molecule has 4 aromatic carbocycles. The summed E-state index contributed by atoms with van der Waals surface area (Å²) in [6.45, 7) is 2.58.